The van der Waals surface area contributed by atoms with Crippen molar-refractivity contribution in [1.29, 1.82) is 0 Å². The second-order valence-corrected chi connectivity index (χ2v) is 5.80. The average Bonchev–Trinajstić information content (AvgIpc) is 3.18. The molecular formula is C19H14N4O4. The summed E-state index contributed by atoms with van der Waals surface area (Å²) < 4.78 is 6.19. The van der Waals surface area contributed by atoms with Crippen molar-refractivity contribution in [3.05, 3.63) is 87.1 Å². The first-order valence-corrected chi connectivity index (χ1v) is 8.09. The van der Waals surface area contributed by atoms with Crippen LogP contribution in [-0.4, -0.2) is 25.9 Å². The Kier molecular flexibility index (Phi) is 4.13. The van der Waals surface area contributed by atoms with Crippen LogP contribution in [0.2, 0.25) is 0 Å². The van der Waals surface area contributed by atoms with Gasteiger partial charge in [-0.05, 0) is 36.4 Å². The number of benzene rings is 1. The minimum atomic E-state index is -0.733. The fraction of sp³-hybridized carbons (Fsp3) is 0.0526. The molecule has 0 aliphatic heterocycles. The normalized spacial score (nSPS) is 11.4. The zero-order valence-corrected chi connectivity index (χ0v) is 14.0. The van der Waals surface area contributed by atoms with Gasteiger partial charge in [0.25, 0.3) is 5.56 Å². The molecule has 0 fully saturated rings. The maximum atomic E-state index is 12.1. The van der Waals surface area contributed by atoms with Crippen LogP contribution in [0, 0.1) is 0 Å². The average molecular weight is 362 g/mol. The van der Waals surface area contributed by atoms with E-state index in [0.29, 0.717) is 11.4 Å². The minimum Gasteiger partial charge on any atom is -0.494 e. The van der Waals surface area contributed by atoms with E-state index in [9.17, 15) is 14.7 Å². The third-order valence-corrected chi connectivity index (χ3v) is 4.03. The van der Waals surface area contributed by atoms with Gasteiger partial charge >= 0.3 is 5.69 Å². The van der Waals surface area contributed by atoms with Crippen LogP contribution >= 0.6 is 0 Å². The molecule has 0 spiro atoms. The van der Waals surface area contributed by atoms with E-state index in [2.05, 4.69) is 15.0 Å². The molecular weight excluding hydrogens is 348 g/mol. The largest absolute Gasteiger partial charge is 0.494 e. The fourth-order valence-corrected chi connectivity index (χ4v) is 2.68. The number of fused-ring (bicyclic) bond motifs is 1. The smallest absolute Gasteiger partial charge is 0.331 e. The highest BCUT2D eigenvalue weighted by Crippen LogP contribution is 2.20. The first-order valence-electron chi connectivity index (χ1n) is 8.09. The molecule has 0 aliphatic rings. The quantitative estimate of drug-likeness (QED) is 0.540. The molecule has 3 aromatic heterocycles. The number of H-pyrrole nitrogens is 1. The van der Waals surface area contributed by atoms with Crippen LogP contribution in [0.1, 0.15) is 11.3 Å². The van der Waals surface area contributed by atoms with Gasteiger partial charge in [-0.15, -0.1) is 0 Å². The molecule has 134 valence electrons. The first kappa shape index (κ1) is 16.5. The summed E-state index contributed by atoms with van der Waals surface area (Å²) in [6.45, 7) is -0.0169. The van der Waals surface area contributed by atoms with Crippen molar-refractivity contribution in [3.8, 4) is 5.88 Å². The summed E-state index contributed by atoms with van der Waals surface area (Å²) in [5, 5.41) is 11.3. The van der Waals surface area contributed by atoms with Crippen LogP contribution in [-0.2, 0) is 6.54 Å². The van der Waals surface area contributed by atoms with E-state index >= 15 is 0 Å². The summed E-state index contributed by atoms with van der Waals surface area (Å²) in [7, 11) is 0. The van der Waals surface area contributed by atoms with Crippen LogP contribution < -0.4 is 11.2 Å². The maximum absolute atomic E-state index is 12.1. The molecule has 0 amide bonds. The van der Waals surface area contributed by atoms with Crippen LogP contribution in [0.5, 0.6) is 5.88 Å². The molecule has 0 saturated carbocycles. The number of aliphatic imine (C=N–C) groups is 1. The van der Waals surface area contributed by atoms with Gasteiger partial charge in [-0.25, -0.2) is 4.79 Å². The van der Waals surface area contributed by atoms with Crippen LogP contribution in [0.3, 0.4) is 0 Å². The number of nitrogens with one attached hydrogen (secondary N) is 1. The van der Waals surface area contributed by atoms with E-state index in [4.69, 9.17) is 4.42 Å². The molecule has 3 heterocycles. The van der Waals surface area contributed by atoms with Gasteiger partial charge in [-0.3, -0.25) is 24.3 Å². The Morgan fingerprint density at radius 1 is 1.22 bits per heavy atom. The van der Waals surface area contributed by atoms with E-state index in [-0.39, 0.29) is 12.1 Å². The van der Waals surface area contributed by atoms with Crippen LogP contribution in [0.25, 0.3) is 10.9 Å². The number of rotatable bonds is 4. The highest BCUT2D eigenvalue weighted by molar-refractivity contribution is 5.86. The van der Waals surface area contributed by atoms with Gasteiger partial charge in [0.2, 0.25) is 5.88 Å². The van der Waals surface area contributed by atoms with Crippen molar-refractivity contribution in [2.75, 3.05) is 0 Å². The molecule has 8 heteroatoms. The Labute approximate surface area is 152 Å². The van der Waals surface area contributed by atoms with Crippen molar-refractivity contribution in [2.24, 2.45) is 4.99 Å². The van der Waals surface area contributed by atoms with Crippen molar-refractivity contribution in [2.45, 2.75) is 6.54 Å². The number of furan rings is 1. The number of aromatic hydroxyl groups is 1. The molecule has 27 heavy (non-hydrogen) atoms. The Morgan fingerprint density at radius 2 is 2.11 bits per heavy atom. The molecule has 0 radical (unpaired) electrons. The first-order chi connectivity index (χ1) is 13.1. The summed E-state index contributed by atoms with van der Waals surface area (Å²) in [5.41, 5.74) is -0.170. The number of hydrogen-bond donors (Lipinski definition) is 2. The Hall–Kier alpha value is -3.94. The van der Waals surface area contributed by atoms with Crippen molar-refractivity contribution < 1.29 is 9.52 Å². The maximum Gasteiger partial charge on any atom is 0.331 e. The third-order valence-electron chi connectivity index (χ3n) is 4.03. The van der Waals surface area contributed by atoms with Crippen molar-refractivity contribution in [1.82, 2.24) is 14.5 Å². The van der Waals surface area contributed by atoms with Gasteiger partial charge in [-0.2, -0.15) is 0 Å². The van der Waals surface area contributed by atoms with E-state index in [1.807, 2.05) is 24.3 Å². The predicted octanol–water partition coefficient (Wildman–Crippen LogP) is 2.18. The van der Waals surface area contributed by atoms with Gasteiger partial charge in [0, 0.05) is 17.8 Å². The molecule has 2 N–H and O–H groups in total. The lowest BCUT2D eigenvalue weighted by atomic mass is 10.2. The standard InChI is InChI=1S/C19H14N4O4/c24-17-15(10-21-13-5-6-16-12(9-13)3-1-7-20-16)18(25)23(19(26)22-17)11-14-4-2-8-27-14/h1-10,25H,11H2,(H,22,24,26). The summed E-state index contributed by atoms with van der Waals surface area (Å²) in [4.78, 5) is 34.8. The van der Waals surface area contributed by atoms with E-state index < -0.39 is 17.1 Å². The van der Waals surface area contributed by atoms with Crippen LogP contribution in [0.15, 0.2) is 73.9 Å². The van der Waals surface area contributed by atoms with Gasteiger partial charge in [0.15, 0.2) is 0 Å². The topological polar surface area (TPSA) is 113 Å². The van der Waals surface area contributed by atoms with Gasteiger partial charge in [-0.1, -0.05) is 6.07 Å². The molecule has 0 aliphatic carbocycles. The Balaban J connectivity index is 1.73. The second kappa shape index (κ2) is 6.75. The molecule has 4 rings (SSSR count). The molecule has 0 bridgehead atoms. The third kappa shape index (κ3) is 3.28. The molecule has 1 aromatic carbocycles. The van der Waals surface area contributed by atoms with E-state index in [1.165, 1.54) is 12.5 Å². The fourth-order valence-electron chi connectivity index (χ4n) is 2.68. The minimum absolute atomic E-state index is 0.0169. The number of aromatic amines is 1. The van der Waals surface area contributed by atoms with Crippen molar-refractivity contribution in [3.63, 3.8) is 0 Å². The van der Waals surface area contributed by atoms with Gasteiger partial charge < -0.3 is 9.52 Å². The van der Waals surface area contributed by atoms with Gasteiger partial charge in [0.05, 0.1) is 24.0 Å². The SMILES string of the molecule is O=c1[nH]c(=O)n(Cc2ccco2)c(O)c1C=Nc1ccc2ncccc2c1. The highest BCUT2D eigenvalue weighted by atomic mass is 16.3. The molecule has 0 atom stereocenters. The number of pyridine rings is 1. The summed E-state index contributed by atoms with van der Waals surface area (Å²) in [6, 6.07) is 12.4. The van der Waals surface area contributed by atoms with E-state index in [0.717, 1.165) is 15.5 Å². The summed E-state index contributed by atoms with van der Waals surface area (Å²) in [6.07, 6.45) is 4.38. The number of hydrogen-bond acceptors (Lipinski definition) is 6. The summed E-state index contributed by atoms with van der Waals surface area (Å²) in [5.74, 6) is -0.0178. The molecule has 8 nitrogen and oxygen atoms in total. The lowest BCUT2D eigenvalue weighted by Gasteiger charge is -2.07. The Bertz CT molecular complexity index is 1250. The predicted molar refractivity (Wildman–Crippen MR) is 99.8 cm³/mol. The lowest BCUT2D eigenvalue weighted by molar-refractivity contribution is 0.392. The number of nitrogens with zero attached hydrogens (tertiary/aromatic N) is 3. The summed E-state index contributed by atoms with van der Waals surface area (Å²) >= 11 is 0. The van der Waals surface area contributed by atoms with Gasteiger partial charge in [0.1, 0.15) is 11.3 Å². The lowest BCUT2D eigenvalue weighted by Crippen LogP contribution is -2.32. The molecule has 0 unspecified atom stereocenters. The highest BCUT2D eigenvalue weighted by Gasteiger charge is 2.14. The zero-order chi connectivity index (χ0) is 18.8. The second-order valence-electron chi connectivity index (χ2n) is 5.80. The van der Waals surface area contributed by atoms with E-state index in [1.54, 1.807) is 24.4 Å². The zero-order valence-electron chi connectivity index (χ0n) is 14.0. The molecule has 0 saturated heterocycles. The van der Waals surface area contributed by atoms with Crippen molar-refractivity contribution >= 4 is 22.8 Å². The molecule has 4 aromatic rings. The van der Waals surface area contributed by atoms with Crippen LogP contribution in [0.4, 0.5) is 5.69 Å². The Morgan fingerprint density at radius 3 is 2.93 bits per heavy atom. The number of aromatic nitrogens is 3. The monoisotopic (exact) mass is 362 g/mol.